The van der Waals surface area contributed by atoms with Gasteiger partial charge in [0.2, 0.25) is 5.91 Å². The van der Waals surface area contributed by atoms with Crippen LogP contribution in [0.1, 0.15) is 45.1 Å². The lowest BCUT2D eigenvalue weighted by atomic mass is 10.2. The van der Waals surface area contributed by atoms with Gasteiger partial charge in [0, 0.05) is 23.2 Å². The molecule has 0 aliphatic heterocycles. The van der Waals surface area contributed by atoms with E-state index in [0.717, 1.165) is 47.6 Å². The van der Waals surface area contributed by atoms with Gasteiger partial charge in [-0.05, 0) is 80.3 Å². The molecule has 1 aromatic rings. The van der Waals surface area contributed by atoms with Crippen LogP contribution < -0.4 is 5.32 Å². The standard InChI is InChI=1S/C16H20I3NO4/c1-3-4-5-6-7-23-16(22)24-9-11-12(17)8-13(18)15(14(11)19)20-10(2)21/h8H,3-7,9H2,1-2H3,(H,20,21). The molecule has 0 spiro atoms. The van der Waals surface area contributed by atoms with Gasteiger partial charge in [-0.15, -0.1) is 0 Å². The van der Waals surface area contributed by atoms with Crippen LogP contribution in [0.5, 0.6) is 0 Å². The Bertz CT molecular complexity index is 593. The largest absolute Gasteiger partial charge is 0.508 e. The summed E-state index contributed by atoms with van der Waals surface area (Å²) in [5.74, 6) is -0.134. The summed E-state index contributed by atoms with van der Waals surface area (Å²) in [7, 11) is 0. The molecule has 0 atom stereocenters. The minimum Gasteiger partial charge on any atom is -0.434 e. The van der Waals surface area contributed by atoms with Gasteiger partial charge in [0.15, 0.2) is 0 Å². The van der Waals surface area contributed by atoms with Gasteiger partial charge in [-0.2, -0.15) is 0 Å². The molecule has 0 bridgehead atoms. The molecule has 0 saturated carbocycles. The fraction of sp³-hybridized carbons (Fsp3) is 0.500. The van der Waals surface area contributed by atoms with E-state index in [1.54, 1.807) is 0 Å². The van der Waals surface area contributed by atoms with Crippen LogP contribution in [0.4, 0.5) is 10.5 Å². The summed E-state index contributed by atoms with van der Waals surface area (Å²) in [5.41, 5.74) is 1.61. The van der Waals surface area contributed by atoms with E-state index in [-0.39, 0.29) is 12.5 Å². The number of rotatable bonds is 8. The maximum absolute atomic E-state index is 11.7. The Balaban J connectivity index is 2.64. The molecule has 0 fully saturated rings. The Morgan fingerprint density at radius 3 is 2.42 bits per heavy atom. The van der Waals surface area contributed by atoms with Crippen molar-refractivity contribution in [3.8, 4) is 0 Å². The van der Waals surface area contributed by atoms with E-state index in [1.807, 2.05) is 6.07 Å². The number of anilines is 1. The molecule has 8 heteroatoms. The third kappa shape index (κ3) is 7.58. The molecule has 0 aliphatic rings. The Labute approximate surface area is 183 Å². The van der Waals surface area contributed by atoms with Crippen LogP contribution in [0.3, 0.4) is 0 Å². The Morgan fingerprint density at radius 2 is 1.79 bits per heavy atom. The number of nitrogens with one attached hydrogen (secondary N) is 1. The number of carbonyl (C=O) groups excluding carboxylic acids is 2. The normalized spacial score (nSPS) is 10.4. The fourth-order valence-electron chi connectivity index (χ4n) is 1.91. The average Bonchev–Trinajstić information content (AvgIpc) is 2.50. The predicted octanol–water partition coefficient (Wildman–Crippen LogP) is 5.69. The molecule has 0 saturated heterocycles. The topological polar surface area (TPSA) is 64.6 Å². The molecule has 1 N–H and O–H groups in total. The van der Waals surface area contributed by atoms with Crippen molar-refractivity contribution in [2.75, 3.05) is 11.9 Å². The molecule has 0 aliphatic carbocycles. The van der Waals surface area contributed by atoms with Crippen LogP contribution in [0.25, 0.3) is 0 Å². The van der Waals surface area contributed by atoms with Crippen LogP contribution in [-0.2, 0) is 20.9 Å². The van der Waals surface area contributed by atoms with Crippen LogP contribution in [0.15, 0.2) is 6.07 Å². The molecule has 24 heavy (non-hydrogen) atoms. The molecule has 0 aromatic heterocycles. The maximum Gasteiger partial charge on any atom is 0.508 e. The van der Waals surface area contributed by atoms with Crippen molar-refractivity contribution in [3.05, 3.63) is 22.3 Å². The fourth-order valence-corrected chi connectivity index (χ4v) is 5.86. The number of halogens is 3. The second-order valence-corrected chi connectivity index (χ2v) is 8.54. The minimum absolute atomic E-state index is 0.119. The van der Waals surface area contributed by atoms with Crippen molar-refractivity contribution in [2.24, 2.45) is 0 Å². The summed E-state index contributed by atoms with van der Waals surface area (Å²) < 4.78 is 13.1. The third-order valence-corrected chi connectivity index (χ3v) is 6.12. The van der Waals surface area contributed by atoms with Crippen molar-refractivity contribution in [1.29, 1.82) is 0 Å². The van der Waals surface area contributed by atoms with Crippen molar-refractivity contribution in [3.63, 3.8) is 0 Å². The lowest BCUT2D eigenvalue weighted by molar-refractivity contribution is -0.114. The van der Waals surface area contributed by atoms with Crippen LogP contribution in [-0.4, -0.2) is 18.7 Å². The molecule has 0 unspecified atom stereocenters. The van der Waals surface area contributed by atoms with E-state index in [4.69, 9.17) is 9.47 Å². The van der Waals surface area contributed by atoms with Gasteiger partial charge in [-0.1, -0.05) is 26.2 Å². The van der Waals surface area contributed by atoms with Crippen molar-refractivity contribution in [1.82, 2.24) is 0 Å². The SMILES string of the molecule is CCCCCCOC(=O)OCc1c(I)cc(I)c(NC(C)=O)c1I. The zero-order valence-corrected chi connectivity index (χ0v) is 20.1. The first-order valence-corrected chi connectivity index (χ1v) is 10.8. The number of amides is 1. The van der Waals surface area contributed by atoms with Gasteiger partial charge in [0.1, 0.15) is 6.61 Å². The Morgan fingerprint density at radius 1 is 1.08 bits per heavy atom. The molecule has 134 valence electrons. The van der Waals surface area contributed by atoms with Crippen molar-refractivity contribution >= 4 is 85.5 Å². The monoisotopic (exact) mass is 671 g/mol. The summed E-state index contributed by atoms with van der Waals surface area (Å²) in [5, 5.41) is 2.82. The molecule has 1 rings (SSSR count). The summed E-state index contributed by atoms with van der Waals surface area (Å²) in [6.07, 6.45) is 3.54. The van der Waals surface area contributed by atoms with Gasteiger partial charge < -0.3 is 14.8 Å². The van der Waals surface area contributed by atoms with E-state index in [1.165, 1.54) is 6.92 Å². The molecule has 1 aromatic carbocycles. The Kier molecular flexibility index (Phi) is 10.8. The van der Waals surface area contributed by atoms with Crippen molar-refractivity contribution < 1.29 is 19.1 Å². The number of unbranched alkanes of at least 4 members (excludes halogenated alkanes) is 3. The number of hydrogen-bond acceptors (Lipinski definition) is 4. The van der Waals surface area contributed by atoms with Gasteiger partial charge in [0.05, 0.1) is 12.3 Å². The highest BCUT2D eigenvalue weighted by atomic mass is 127. The first-order valence-electron chi connectivity index (χ1n) is 7.60. The number of benzene rings is 1. The number of ether oxygens (including phenoxy) is 2. The van der Waals surface area contributed by atoms with E-state index >= 15 is 0 Å². The lowest BCUT2D eigenvalue weighted by Crippen LogP contribution is -2.13. The van der Waals surface area contributed by atoms with Crippen LogP contribution in [0.2, 0.25) is 0 Å². The van der Waals surface area contributed by atoms with Gasteiger partial charge in [0.25, 0.3) is 0 Å². The zero-order valence-electron chi connectivity index (χ0n) is 13.6. The van der Waals surface area contributed by atoms with Gasteiger partial charge in [-0.3, -0.25) is 4.79 Å². The zero-order chi connectivity index (χ0) is 18.1. The number of hydrogen-bond donors (Lipinski definition) is 1. The molecule has 1 amide bonds. The van der Waals surface area contributed by atoms with E-state index in [9.17, 15) is 9.59 Å². The Hall–Kier alpha value is 0.150. The highest BCUT2D eigenvalue weighted by Gasteiger charge is 2.17. The predicted molar refractivity (Wildman–Crippen MR) is 119 cm³/mol. The molecular formula is C16H20I3NO4. The molecule has 0 radical (unpaired) electrons. The molecule has 0 heterocycles. The summed E-state index contributed by atoms with van der Waals surface area (Å²) in [6.45, 7) is 4.11. The summed E-state index contributed by atoms with van der Waals surface area (Å²) in [6, 6.07) is 1.95. The van der Waals surface area contributed by atoms with E-state index < -0.39 is 6.16 Å². The second kappa shape index (κ2) is 11.7. The lowest BCUT2D eigenvalue weighted by Gasteiger charge is -2.15. The first kappa shape index (κ1) is 22.2. The van der Waals surface area contributed by atoms with Crippen LogP contribution >= 0.6 is 67.8 Å². The maximum atomic E-state index is 11.7. The minimum atomic E-state index is -0.655. The molecular weight excluding hydrogens is 651 g/mol. The van der Waals surface area contributed by atoms with E-state index in [0.29, 0.717) is 6.61 Å². The molecule has 5 nitrogen and oxygen atoms in total. The number of carbonyl (C=O) groups is 2. The summed E-state index contributed by atoms with van der Waals surface area (Å²) in [4.78, 5) is 23.0. The van der Waals surface area contributed by atoms with Gasteiger partial charge in [-0.25, -0.2) is 4.79 Å². The van der Waals surface area contributed by atoms with E-state index in [2.05, 4.69) is 80.0 Å². The second-order valence-electron chi connectivity index (χ2n) is 5.14. The van der Waals surface area contributed by atoms with Crippen LogP contribution in [0, 0.1) is 10.7 Å². The third-order valence-electron chi connectivity index (χ3n) is 3.12. The smallest absolute Gasteiger partial charge is 0.434 e. The summed E-state index contributed by atoms with van der Waals surface area (Å²) >= 11 is 6.53. The highest BCUT2D eigenvalue weighted by molar-refractivity contribution is 14.1. The quantitative estimate of drug-likeness (QED) is 0.219. The first-order chi connectivity index (χ1) is 11.4. The average molecular weight is 671 g/mol. The highest BCUT2D eigenvalue weighted by Crippen LogP contribution is 2.32. The van der Waals surface area contributed by atoms with Crippen molar-refractivity contribution in [2.45, 2.75) is 46.1 Å². The van der Waals surface area contributed by atoms with Gasteiger partial charge >= 0.3 is 6.16 Å².